The fourth-order valence-electron chi connectivity index (χ4n) is 3.98. The summed E-state index contributed by atoms with van der Waals surface area (Å²) < 4.78 is 6.67. The Kier molecular flexibility index (Phi) is 4.87. The molecule has 0 radical (unpaired) electrons. The lowest BCUT2D eigenvalue weighted by molar-refractivity contribution is -0.101. The van der Waals surface area contributed by atoms with Gasteiger partial charge in [0, 0.05) is 0 Å². The highest BCUT2D eigenvalue weighted by atomic mass is 28.3. The molecule has 0 aliphatic carbocycles. The van der Waals surface area contributed by atoms with E-state index in [0.29, 0.717) is 0 Å². The lowest BCUT2D eigenvalue weighted by Gasteiger charge is -2.54. The van der Waals surface area contributed by atoms with Crippen molar-refractivity contribution in [2.75, 3.05) is 0 Å². The quantitative estimate of drug-likeness (QED) is 0.631. The van der Waals surface area contributed by atoms with Gasteiger partial charge < -0.3 is 4.74 Å². The van der Waals surface area contributed by atoms with Gasteiger partial charge in [0.1, 0.15) is 0 Å². The van der Waals surface area contributed by atoms with E-state index in [-0.39, 0.29) is 10.8 Å². The summed E-state index contributed by atoms with van der Waals surface area (Å²) in [7, 11) is -1.24. The summed E-state index contributed by atoms with van der Waals surface area (Å²) in [4.78, 5) is 0. The highest BCUT2D eigenvalue weighted by molar-refractivity contribution is 6.82. The molecule has 0 aromatic rings. The lowest BCUT2D eigenvalue weighted by Crippen LogP contribution is -2.62. The third kappa shape index (κ3) is 2.95. The van der Waals surface area contributed by atoms with Crippen LogP contribution < -0.4 is 0 Å². The van der Waals surface area contributed by atoms with Gasteiger partial charge in [-0.15, -0.1) is 0 Å². The molecule has 0 bridgehead atoms. The van der Waals surface area contributed by atoms with E-state index in [9.17, 15) is 0 Å². The molecule has 0 N–H and O–H groups in total. The van der Waals surface area contributed by atoms with Gasteiger partial charge in [0.15, 0.2) is 0 Å². The number of hydrogen-bond donors (Lipinski definition) is 0. The zero-order chi connectivity index (χ0) is 13.2. The zero-order valence-corrected chi connectivity index (χ0v) is 13.9. The highest BCUT2D eigenvalue weighted by Crippen LogP contribution is 2.47. The number of rotatable bonds is 4. The fourth-order valence-corrected chi connectivity index (χ4v) is 9.84. The average Bonchev–Trinajstić information content (AvgIpc) is 2.28. The van der Waals surface area contributed by atoms with E-state index < -0.39 is 8.07 Å². The molecule has 0 amide bonds. The van der Waals surface area contributed by atoms with Gasteiger partial charge >= 0.3 is 0 Å². The van der Waals surface area contributed by atoms with Crippen LogP contribution in [0.15, 0.2) is 0 Å². The van der Waals surface area contributed by atoms with Crippen LogP contribution in [0.4, 0.5) is 0 Å². The Morgan fingerprint density at radius 2 is 1.65 bits per heavy atom. The first-order valence-electron chi connectivity index (χ1n) is 7.55. The average molecular weight is 257 g/mol. The number of hydrogen-bond acceptors (Lipinski definition) is 1. The van der Waals surface area contributed by atoms with Crippen LogP contribution in [0.25, 0.3) is 0 Å². The van der Waals surface area contributed by atoms with Crippen LogP contribution in [0.1, 0.15) is 67.2 Å². The molecule has 1 saturated heterocycles. The molecule has 1 nitrogen and oxygen atoms in total. The Morgan fingerprint density at radius 1 is 1.06 bits per heavy atom. The molecule has 1 aliphatic heterocycles. The summed E-state index contributed by atoms with van der Waals surface area (Å²) in [6.07, 6.45) is 5.36. The molecule has 0 spiro atoms. The molecular weight excluding hydrogens is 224 g/mol. The zero-order valence-electron chi connectivity index (χ0n) is 12.9. The number of ether oxygens (including phenoxy) is 1. The first-order valence-corrected chi connectivity index (χ1v) is 10.2. The Labute approximate surface area is 109 Å². The molecule has 1 aliphatic rings. The van der Waals surface area contributed by atoms with Gasteiger partial charge in [-0.25, -0.2) is 0 Å². The molecule has 1 unspecified atom stereocenters. The van der Waals surface area contributed by atoms with Gasteiger partial charge in [-0.2, -0.15) is 0 Å². The van der Waals surface area contributed by atoms with E-state index in [2.05, 4.69) is 41.5 Å². The van der Waals surface area contributed by atoms with Crippen LogP contribution >= 0.6 is 0 Å². The normalized spacial score (nSPS) is 29.3. The molecular formula is C15H32OSi. The Hall–Kier alpha value is 0.177. The lowest BCUT2D eigenvalue weighted by atomic mass is 10.1. The van der Waals surface area contributed by atoms with Gasteiger partial charge in [-0.05, 0) is 33.6 Å². The third-order valence-corrected chi connectivity index (χ3v) is 11.5. The van der Waals surface area contributed by atoms with E-state index in [1.807, 2.05) is 0 Å². The summed E-state index contributed by atoms with van der Waals surface area (Å²) in [5, 5.41) is 0.257. The van der Waals surface area contributed by atoms with Crippen molar-refractivity contribution in [2.24, 2.45) is 0 Å². The van der Waals surface area contributed by atoms with Gasteiger partial charge in [0.2, 0.25) is 0 Å². The first kappa shape index (κ1) is 15.2. The van der Waals surface area contributed by atoms with E-state index in [1.54, 1.807) is 0 Å². The molecule has 0 aromatic carbocycles. The summed E-state index contributed by atoms with van der Waals surface area (Å²) in [5.74, 6) is 0. The monoisotopic (exact) mass is 256 g/mol. The maximum absolute atomic E-state index is 6.67. The largest absolute Gasteiger partial charge is 0.373 e. The topological polar surface area (TPSA) is 9.23 Å². The van der Waals surface area contributed by atoms with Crippen molar-refractivity contribution in [2.45, 2.75) is 96.2 Å². The van der Waals surface area contributed by atoms with Crippen molar-refractivity contribution in [1.29, 1.82) is 0 Å². The van der Waals surface area contributed by atoms with Gasteiger partial charge in [-0.1, -0.05) is 51.7 Å². The smallest absolute Gasteiger partial charge is 0.0910 e. The standard InChI is InChI=1S/C15H32OSi/c1-7-15(16-14(4,5)6)12-10-11-13-17(15,8-2)9-3/h7-13H2,1-6H3. The maximum Gasteiger partial charge on any atom is 0.0910 e. The van der Waals surface area contributed by atoms with E-state index >= 15 is 0 Å². The third-order valence-electron chi connectivity index (χ3n) is 4.88. The summed E-state index contributed by atoms with van der Waals surface area (Å²) in [6.45, 7) is 13.9. The van der Waals surface area contributed by atoms with Crippen molar-refractivity contribution in [1.82, 2.24) is 0 Å². The minimum Gasteiger partial charge on any atom is -0.373 e. The predicted molar refractivity (Wildman–Crippen MR) is 79.2 cm³/mol. The second-order valence-electron chi connectivity index (χ2n) is 6.76. The van der Waals surface area contributed by atoms with Crippen LogP contribution in [0, 0.1) is 0 Å². The van der Waals surface area contributed by atoms with Crippen molar-refractivity contribution in [3.05, 3.63) is 0 Å². The molecule has 1 heterocycles. The molecule has 0 aromatic heterocycles. The molecule has 102 valence electrons. The minimum absolute atomic E-state index is 0.00986. The SMILES string of the molecule is CCC1(OC(C)(C)C)CCCC[Si]1(CC)CC. The van der Waals surface area contributed by atoms with Crippen molar-refractivity contribution in [3.63, 3.8) is 0 Å². The van der Waals surface area contributed by atoms with Gasteiger partial charge in [0.25, 0.3) is 0 Å². The maximum atomic E-state index is 6.67. The Morgan fingerprint density at radius 3 is 2.06 bits per heavy atom. The Bertz CT molecular complexity index is 240. The Balaban J connectivity index is 3.06. The molecule has 1 rings (SSSR count). The van der Waals surface area contributed by atoms with Gasteiger partial charge in [0.05, 0.1) is 18.9 Å². The van der Waals surface area contributed by atoms with Crippen molar-refractivity contribution >= 4 is 8.07 Å². The molecule has 0 saturated carbocycles. The second kappa shape index (κ2) is 5.44. The van der Waals surface area contributed by atoms with E-state index in [4.69, 9.17) is 4.74 Å². The molecule has 17 heavy (non-hydrogen) atoms. The summed E-state index contributed by atoms with van der Waals surface area (Å²) in [6, 6.07) is 4.28. The summed E-state index contributed by atoms with van der Waals surface area (Å²) >= 11 is 0. The molecule has 2 heteroatoms. The van der Waals surface area contributed by atoms with Crippen molar-refractivity contribution < 1.29 is 4.74 Å². The van der Waals surface area contributed by atoms with Crippen LogP contribution in [-0.2, 0) is 4.74 Å². The molecule has 1 atom stereocenters. The van der Waals surface area contributed by atoms with Crippen LogP contribution in [0.5, 0.6) is 0 Å². The highest BCUT2D eigenvalue weighted by Gasteiger charge is 2.53. The van der Waals surface area contributed by atoms with Crippen LogP contribution in [-0.4, -0.2) is 18.9 Å². The van der Waals surface area contributed by atoms with E-state index in [1.165, 1.54) is 43.8 Å². The minimum atomic E-state index is -1.24. The fraction of sp³-hybridized carbons (Fsp3) is 1.00. The van der Waals surface area contributed by atoms with E-state index in [0.717, 1.165) is 0 Å². The second-order valence-corrected chi connectivity index (χ2v) is 12.1. The first-order chi connectivity index (χ1) is 7.85. The van der Waals surface area contributed by atoms with Crippen LogP contribution in [0.3, 0.4) is 0 Å². The van der Waals surface area contributed by atoms with Crippen LogP contribution in [0.2, 0.25) is 18.1 Å². The summed E-state index contributed by atoms with van der Waals surface area (Å²) in [5.41, 5.74) is 0.00986. The van der Waals surface area contributed by atoms with Crippen molar-refractivity contribution in [3.8, 4) is 0 Å². The molecule has 1 fully saturated rings. The predicted octanol–water partition coefficient (Wildman–Crippen LogP) is 5.16. The van der Waals surface area contributed by atoms with Gasteiger partial charge in [-0.3, -0.25) is 0 Å².